The number of rotatable bonds is 3. The van der Waals surface area contributed by atoms with E-state index < -0.39 is 5.91 Å². The summed E-state index contributed by atoms with van der Waals surface area (Å²) >= 11 is 0. The molecular formula is C12H17N3O3. The van der Waals surface area contributed by atoms with Crippen LogP contribution in [0.3, 0.4) is 0 Å². The van der Waals surface area contributed by atoms with Gasteiger partial charge < -0.3 is 9.67 Å². The third kappa shape index (κ3) is 2.96. The summed E-state index contributed by atoms with van der Waals surface area (Å²) in [4.78, 5) is 25.2. The molecule has 0 aromatic carbocycles. The van der Waals surface area contributed by atoms with Crippen molar-refractivity contribution >= 4 is 11.8 Å². The van der Waals surface area contributed by atoms with Crippen molar-refractivity contribution < 1.29 is 14.7 Å². The Morgan fingerprint density at radius 3 is 2.89 bits per heavy atom. The second-order valence-corrected chi connectivity index (χ2v) is 4.56. The van der Waals surface area contributed by atoms with E-state index in [2.05, 4.69) is 5.32 Å². The average molecular weight is 251 g/mol. The highest BCUT2D eigenvalue weighted by atomic mass is 16.3. The van der Waals surface area contributed by atoms with E-state index in [1.165, 1.54) is 0 Å². The van der Waals surface area contributed by atoms with Gasteiger partial charge in [0.2, 0.25) is 5.91 Å². The van der Waals surface area contributed by atoms with Crippen molar-refractivity contribution in [1.29, 1.82) is 0 Å². The molecule has 98 valence electrons. The summed E-state index contributed by atoms with van der Waals surface area (Å²) in [6.45, 7) is 1.33. The molecule has 6 heteroatoms. The largest absolute Gasteiger partial charge is 0.392 e. The number of β-amino-alcohol motifs (C(OH)–C–C–N with tert-alkyl or cyclic N) is 1. The minimum Gasteiger partial charge on any atom is -0.392 e. The summed E-state index contributed by atoms with van der Waals surface area (Å²) in [5, 5.41) is 11.7. The number of aliphatic hydroxyl groups is 1. The zero-order chi connectivity index (χ0) is 13.1. The molecular weight excluding hydrogens is 234 g/mol. The Bertz CT molecular complexity index is 455. The van der Waals surface area contributed by atoms with E-state index in [-0.39, 0.29) is 18.6 Å². The lowest BCUT2D eigenvalue weighted by Crippen LogP contribution is -2.40. The Hall–Kier alpha value is -1.66. The summed E-state index contributed by atoms with van der Waals surface area (Å²) < 4.78 is 1.65. The van der Waals surface area contributed by atoms with Gasteiger partial charge in [0.1, 0.15) is 5.69 Å². The summed E-state index contributed by atoms with van der Waals surface area (Å²) in [5.74, 6) is -0.734. The molecule has 0 bridgehead atoms. The molecule has 0 aliphatic carbocycles. The Morgan fingerprint density at radius 2 is 2.33 bits per heavy atom. The first-order valence-electron chi connectivity index (χ1n) is 5.92. The van der Waals surface area contributed by atoms with E-state index in [1.807, 2.05) is 4.90 Å². The molecule has 0 spiro atoms. The van der Waals surface area contributed by atoms with Crippen molar-refractivity contribution in [3.05, 3.63) is 24.0 Å². The van der Waals surface area contributed by atoms with Gasteiger partial charge in [0.25, 0.3) is 5.91 Å². The summed E-state index contributed by atoms with van der Waals surface area (Å²) in [5.41, 5.74) is 0.449. The van der Waals surface area contributed by atoms with Gasteiger partial charge in [-0.15, -0.1) is 0 Å². The second-order valence-electron chi connectivity index (χ2n) is 4.56. The van der Waals surface area contributed by atoms with E-state index in [0.717, 1.165) is 0 Å². The molecule has 1 aromatic rings. The van der Waals surface area contributed by atoms with Crippen LogP contribution < -0.4 is 5.32 Å². The van der Waals surface area contributed by atoms with Crippen LogP contribution in [0.4, 0.5) is 0 Å². The lowest BCUT2D eigenvalue weighted by molar-refractivity contribution is -0.121. The Balaban J connectivity index is 1.84. The number of hydrogen-bond acceptors (Lipinski definition) is 4. The van der Waals surface area contributed by atoms with Crippen LogP contribution in [0.25, 0.3) is 0 Å². The number of aryl methyl sites for hydroxylation is 1. The van der Waals surface area contributed by atoms with Crippen LogP contribution in [0.15, 0.2) is 18.3 Å². The zero-order valence-electron chi connectivity index (χ0n) is 10.3. The fourth-order valence-corrected chi connectivity index (χ4v) is 2.09. The number of likely N-dealkylation sites (tertiary alicyclic amines) is 1. The zero-order valence-corrected chi connectivity index (χ0v) is 10.3. The number of hydrogen-bond donors (Lipinski definition) is 2. The highest BCUT2D eigenvalue weighted by Crippen LogP contribution is 2.07. The molecule has 2 rings (SSSR count). The van der Waals surface area contributed by atoms with Gasteiger partial charge in [-0.25, -0.2) is 0 Å². The highest BCUT2D eigenvalue weighted by molar-refractivity contribution is 6.04. The fraction of sp³-hybridized carbons (Fsp3) is 0.500. The smallest absolute Gasteiger partial charge is 0.274 e. The molecule has 1 aliphatic rings. The third-order valence-corrected chi connectivity index (χ3v) is 3.04. The maximum absolute atomic E-state index is 11.8. The molecule has 2 amide bonds. The SMILES string of the molecule is Cn1cccc1C(=O)NC(=O)CN1CC[C@H](O)C1. The quantitative estimate of drug-likeness (QED) is 0.748. The molecule has 18 heavy (non-hydrogen) atoms. The summed E-state index contributed by atoms with van der Waals surface area (Å²) in [7, 11) is 1.75. The van der Waals surface area contributed by atoms with Crippen molar-refractivity contribution in [3.63, 3.8) is 0 Å². The molecule has 1 aliphatic heterocycles. The molecule has 1 fully saturated rings. The van der Waals surface area contributed by atoms with Gasteiger partial charge in [0.05, 0.1) is 12.6 Å². The predicted octanol–water partition coefficient (Wildman–Crippen LogP) is -0.652. The van der Waals surface area contributed by atoms with E-state index in [4.69, 9.17) is 0 Å². The average Bonchev–Trinajstić information content (AvgIpc) is 2.87. The maximum atomic E-state index is 11.8. The third-order valence-electron chi connectivity index (χ3n) is 3.04. The first-order valence-corrected chi connectivity index (χ1v) is 5.92. The molecule has 0 radical (unpaired) electrons. The topological polar surface area (TPSA) is 74.6 Å². The lowest BCUT2D eigenvalue weighted by Gasteiger charge is -2.13. The number of amides is 2. The molecule has 1 atom stereocenters. The predicted molar refractivity (Wildman–Crippen MR) is 65.0 cm³/mol. The number of aromatic nitrogens is 1. The molecule has 6 nitrogen and oxygen atoms in total. The van der Waals surface area contributed by atoms with Gasteiger partial charge in [0.15, 0.2) is 0 Å². The Morgan fingerprint density at radius 1 is 1.56 bits per heavy atom. The van der Waals surface area contributed by atoms with Crippen LogP contribution in [0.5, 0.6) is 0 Å². The summed E-state index contributed by atoms with van der Waals surface area (Å²) in [6, 6.07) is 3.40. The molecule has 0 saturated carbocycles. The second kappa shape index (κ2) is 5.32. The van der Waals surface area contributed by atoms with Gasteiger partial charge in [-0.05, 0) is 18.6 Å². The molecule has 2 N–H and O–H groups in total. The van der Waals surface area contributed by atoms with E-state index in [9.17, 15) is 14.7 Å². The molecule has 1 saturated heterocycles. The standard InChI is InChI=1S/C12H17N3O3/c1-14-5-2-3-10(14)12(18)13-11(17)8-15-6-4-9(16)7-15/h2-3,5,9,16H,4,6-8H2,1H3,(H,13,17,18)/t9-/m0/s1. The minimum absolute atomic E-state index is 0.146. The van der Waals surface area contributed by atoms with Crippen molar-refractivity contribution in [2.45, 2.75) is 12.5 Å². The van der Waals surface area contributed by atoms with Crippen molar-refractivity contribution in [3.8, 4) is 0 Å². The lowest BCUT2D eigenvalue weighted by atomic mass is 10.3. The van der Waals surface area contributed by atoms with Crippen molar-refractivity contribution in [2.75, 3.05) is 19.6 Å². The van der Waals surface area contributed by atoms with E-state index in [1.54, 1.807) is 29.9 Å². The molecule has 0 unspecified atom stereocenters. The van der Waals surface area contributed by atoms with Gasteiger partial charge in [-0.3, -0.25) is 19.8 Å². The van der Waals surface area contributed by atoms with Gasteiger partial charge in [-0.2, -0.15) is 0 Å². The van der Waals surface area contributed by atoms with Gasteiger partial charge >= 0.3 is 0 Å². The molecule has 1 aromatic heterocycles. The monoisotopic (exact) mass is 251 g/mol. The van der Waals surface area contributed by atoms with Crippen LogP contribution in [0.1, 0.15) is 16.9 Å². The molecule has 2 heterocycles. The number of carbonyl (C=O) groups excluding carboxylic acids is 2. The van der Waals surface area contributed by atoms with Crippen molar-refractivity contribution in [1.82, 2.24) is 14.8 Å². The van der Waals surface area contributed by atoms with Crippen LogP contribution in [0.2, 0.25) is 0 Å². The van der Waals surface area contributed by atoms with E-state index >= 15 is 0 Å². The van der Waals surface area contributed by atoms with E-state index in [0.29, 0.717) is 25.2 Å². The van der Waals surface area contributed by atoms with Crippen LogP contribution >= 0.6 is 0 Å². The number of nitrogens with one attached hydrogen (secondary N) is 1. The highest BCUT2D eigenvalue weighted by Gasteiger charge is 2.23. The van der Waals surface area contributed by atoms with Gasteiger partial charge in [-0.1, -0.05) is 0 Å². The van der Waals surface area contributed by atoms with Crippen LogP contribution in [-0.2, 0) is 11.8 Å². The Labute approximate surface area is 105 Å². The first kappa shape index (κ1) is 12.8. The first-order chi connectivity index (χ1) is 8.56. The normalized spacial score (nSPS) is 20.0. The number of carbonyl (C=O) groups is 2. The minimum atomic E-state index is -0.396. The summed E-state index contributed by atoms with van der Waals surface area (Å²) in [6.07, 6.45) is 2.07. The van der Waals surface area contributed by atoms with Crippen LogP contribution in [-0.4, -0.2) is 52.1 Å². The maximum Gasteiger partial charge on any atom is 0.274 e. The van der Waals surface area contributed by atoms with Crippen LogP contribution in [0, 0.1) is 0 Å². The fourth-order valence-electron chi connectivity index (χ4n) is 2.09. The van der Waals surface area contributed by atoms with Crippen molar-refractivity contribution in [2.24, 2.45) is 7.05 Å². The number of aliphatic hydroxyl groups excluding tert-OH is 1. The van der Waals surface area contributed by atoms with Gasteiger partial charge in [0, 0.05) is 26.3 Å². The Kier molecular flexibility index (Phi) is 3.78. The number of imide groups is 1. The number of nitrogens with zero attached hydrogens (tertiary/aromatic N) is 2.